The van der Waals surface area contributed by atoms with Crippen LogP contribution in [0.5, 0.6) is 0 Å². The van der Waals surface area contributed by atoms with Crippen LogP contribution >= 0.6 is 0 Å². The van der Waals surface area contributed by atoms with Gasteiger partial charge in [0.1, 0.15) is 5.82 Å². The Morgan fingerprint density at radius 3 is 2.70 bits per heavy atom. The molecule has 0 atom stereocenters. The smallest absolute Gasteiger partial charge is 0.230 e. The summed E-state index contributed by atoms with van der Waals surface area (Å²) in [5.74, 6) is -1.17. The van der Waals surface area contributed by atoms with E-state index in [9.17, 15) is 9.18 Å². The van der Waals surface area contributed by atoms with Crippen molar-refractivity contribution in [3.63, 3.8) is 0 Å². The second-order valence-electron chi connectivity index (χ2n) is 5.37. The summed E-state index contributed by atoms with van der Waals surface area (Å²) in [5.41, 5.74) is 5.16. The average Bonchev–Trinajstić information content (AvgIpc) is 2.86. The molecule has 1 amide bonds. The highest BCUT2D eigenvalue weighted by Gasteiger charge is 2.36. The van der Waals surface area contributed by atoms with Crippen molar-refractivity contribution in [3.05, 3.63) is 29.6 Å². The van der Waals surface area contributed by atoms with Gasteiger partial charge in [0.2, 0.25) is 5.91 Å². The average molecular weight is 279 g/mol. The minimum absolute atomic E-state index is 0.0926. The lowest BCUT2D eigenvalue weighted by Gasteiger charge is -2.23. The van der Waals surface area contributed by atoms with Gasteiger partial charge in [0.05, 0.1) is 11.3 Å². The first-order valence-corrected chi connectivity index (χ1v) is 6.56. The largest absolute Gasteiger partial charge is 0.409 e. The van der Waals surface area contributed by atoms with Crippen molar-refractivity contribution in [2.24, 2.45) is 16.3 Å². The van der Waals surface area contributed by atoms with Gasteiger partial charge in [0, 0.05) is 5.41 Å². The fraction of sp³-hybridized carbons (Fsp3) is 0.429. The van der Waals surface area contributed by atoms with Gasteiger partial charge in [-0.1, -0.05) is 31.0 Å². The summed E-state index contributed by atoms with van der Waals surface area (Å²) in [6.07, 6.45) is 3.65. The molecule has 0 spiro atoms. The van der Waals surface area contributed by atoms with E-state index in [-0.39, 0.29) is 23.0 Å². The van der Waals surface area contributed by atoms with Crippen LogP contribution in [0, 0.1) is 11.2 Å². The molecule has 0 radical (unpaired) electrons. The molecule has 0 saturated heterocycles. The van der Waals surface area contributed by atoms with Gasteiger partial charge in [-0.3, -0.25) is 4.79 Å². The van der Waals surface area contributed by atoms with Crippen LogP contribution in [0.15, 0.2) is 23.4 Å². The Morgan fingerprint density at radius 1 is 1.45 bits per heavy atom. The van der Waals surface area contributed by atoms with E-state index in [1.807, 2.05) is 6.92 Å². The first kappa shape index (κ1) is 14.3. The molecular formula is C14H18FN3O2. The van der Waals surface area contributed by atoms with Crippen molar-refractivity contribution in [1.29, 1.82) is 0 Å². The maximum atomic E-state index is 13.8. The monoisotopic (exact) mass is 279 g/mol. The normalized spacial score (nSPS) is 18.0. The van der Waals surface area contributed by atoms with E-state index in [2.05, 4.69) is 10.5 Å². The molecule has 2 rings (SSSR count). The molecule has 108 valence electrons. The molecule has 4 N–H and O–H groups in total. The van der Waals surface area contributed by atoms with Crippen molar-refractivity contribution < 1.29 is 14.4 Å². The SMILES string of the molecule is CC1(C(=O)Nc2cccc(F)c2/C(N)=N/O)CCCC1. The number of carbonyl (C=O) groups excluding carboxylic acids is 1. The summed E-state index contributed by atoms with van der Waals surface area (Å²) in [7, 11) is 0. The Bertz CT molecular complexity index is 551. The zero-order chi connectivity index (χ0) is 14.8. The molecule has 1 aromatic rings. The molecule has 1 aliphatic carbocycles. The van der Waals surface area contributed by atoms with Gasteiger partial charge in [-0.25, -0.2) is 4.39 Å². The second-order valence-corrected chi connectivity index (χ2v) is 5.37. The topological polar surface area (TPSA) is 87.7 Å². The van der Waals surface area contributed by atoms with E-state index in [1.54, 1.807) is 0 Å². The van der Waals surface area contributed by atoms with Gasteiger partial charge in [-0.05, 0) is 25.0 Å². The van der Waals surface area contributed by atoms with Gasteiger partial charge in [0.15, 0.2) is 5.84 Å². The van der Waals surface area contributed by atoms with Crippen LogP contribution in [0.4, 0.5) is 10.1 Å². The Morgan fingerprint density at radius 2 is 2.10 bits per heavy atom. The third-order valence-corrected chi connectivity index (χ3v) is 3.88. The number of halogens is 1. The van der Waals surface area contributed by atoms with Crippen molar-refractivity contribution in [3.8, 4) is 0 Å². The molecule has 0 aromatic heterocycles. The van der Waals surface area contributed by atoms with Gasteiger partial charge in [-0.2, -0.15) is 0 Å². The van der Waals surface area contributed by atoms with E-state index in [1.165, 1.54) is 18.2 Å². The van der Waals surface area contributed by atoms with Gasteiger partial charge in [-0.15, -0.1) is 0 Å². The number of benzene rings is 1. The Labute approximate surface area is 116 Å². The van der Waals surface area contributed by atoms with Crippen LogP contribution in [0.3, 0.4) is 0 Å². The van der Waals surface area contributed by atoms with Crippen LogP contribution < -0.4 is 11.1 Å². The van der Waals surface area contributed by atoms with Gasteiger partial charge >= 0.3 is 0 Å². The van der Waals surface area contributed by atoms with Crippen LogP contribution in [-0.4, -0.2) is 17.0 Å². The predicted octanol–water partition coefficient (Wildman–Crippen LogP) is 2.44. The first-order valence-electron chi connectivity index (χ1n) is 6.56. The number of nitrogens with two attached hydrogens (primary N) is 1. The van der Waals surface area contributed by atoms with Gasteiger partial charge < -0.3 is 16.3 Å². The van der Waals surface area contributed by atoms with Crippen molar-refractivity contribution in [1.82, 2.24) is 0 Å². The molecule has 1 saturated carbocycles. The van der Waals surface area contributed by atoms with E-state index < -0.39 is 11.2 Å². The highest BCUT2D eigenvalue weighted by Crippen LogP contribution is 2.38. The van der Waals surface area contributed by atoms with Crippen LogP contribution in [0.25, 0.3) is 0 Å². The second kappa shape index (κ2) is 5.48. The number of carbonyl (C=O) groups is 1. The first-order chi connectivity index (χ1) is 9.48. The number of oxime groups is 1. The Balaban J connectivity index is 2.30. The highest BCUT2D eigenvalue weighted by molar-refractivity contribution is 6.06. The third kappa shape index (κ3) is 2.59. The number of amides is 1. The standard InChI is InChI=1S/C14H18FN3O2/c1-14(7-2-3-8-14)13(19)17-10-6-4-5-9(15)11(10)12(16)18-20/h4-6,20H,2-3,7-8H2,1H3,(H2,16,18)(H,17,19). The zero-order valence-electron chi connectivity index (χ0n) is 11.3. The molecule has 1 aromatic carbocycles. The molecule has 6 heteroatoms. The fourth-order valence-corrected chi connectivity index (χ4v) is 2.59. The van der Waals surface area contributed by atoms with Crippen LogP contribution in [0.2, 0.25) is 0 Å². The quantitative estimate of drug-likeness (QED) is 0.344. The van der Waals surface area contributed by atoms with Crippen LogP contribution in [-0.2, 0) is 4.79 Å². The van der Waals surface area contributed by atoms with E-state index in [0.29, 0.717) is 0 Å². The molecule has 5 nitrogen and oxygen atoms in total. The molecule has 0 heterocycles. The highest BCUT2D eigenvalue weighted by atomic mass is 19.1. The van der Waals surface area contributed by atoms with Crippen molar-refractivity contribution >= 4 is 17.4 Å². The molecule has 20 heavy (non-hydrogen) atoms. The number of amidine groups is 1. The van der Waals surface area contributed by atoms with Crippen molar-refractivity contribution in [2.75, 3.05) is 5.32 Å². The Hall–Kier alpha value is -2.11. The number of rotatable bonds is 3. The lowest BCUT2D eigenvalue weighted by molar-refractivity contribution is -0.124. The maximum Gasteiger partial charge on any atom is 0.230 e. The van der Waals surface area contributed by atoms with Gasteiger partial charge in [0.25, 0.3) is 0 Å². The van der Waals surface area contributed by atoms with Crippen molar-refractivity contribution in [2.45, 2.75) is 32.6 Å². The Kier molecular flexibility index (Phi) is 3.92. The number of anilines is 1. The molecular weight excluding hydrogens is 261 g/mol. The van der Waals surface area contributed by atoms with E-state index in [4.69, 9.17) is 10.9 Å². The lowest BCUT2D eigenvalue weighted by atomic mass is 9.87. The zero-order valence-corrected chi connectivity index (χ0v) is 11.3. The minimum atomic E-state index is -0.644. The number of hydrogen-bond donors (Lipinski definition) is 3. The summed E-state index contributed by atoms with van der Waals surface area (Å²) in [4.78, 5) is 12.3. The van der Waals surface area contributed by atoms with Crippen LogP contribution in [0.1, 0.15) is 38.2 Å². The molecule has 0 bridgehead atoms. The summed E-state index contributed by atoms with van der Waals surface area (Å²) in [6, 6.07) is 4.20. The number of hydrogen-bond acceptors (Lipinski definition) is 3. The van der Waals surface area contributed by atoms with E-state index in [0.717, 1.165) is 25.7 Å². The summed E-state index contributed by atoms with van der Waals surface area (Å²) in [6.45, 7) is 1.90. The summed E-state index contributed by atoms with van der Waals surface area (Å²) < 4.78 is 13.8. The molecule has 1 aliphatic rings. The summed E-state index contributed by atoms with van der Waals surface area (Å²) in [5, 5.41) is 14.2. The van der Waals surface area contributed by atoms with E-state index >= 15 is 0 Å². The summed E-state index contributed by atoms with van der Waals surface area (Å²) >= 11 is 0. The minimum Gasteiger partial charge on any atom is -0.409 e. The molecule has 1 fully saturated rings. The fourth-order valence-electron chi connectivity index (χ4n) is 2.59. The lowest BCUT2D eigenvalue weighted by Crippen LogP contribution is -2.32. The third-order valence-electron chi connectivity index (χ3n) is 3.88. The number of nitrogens with zero attached hydrogens (tertiary/aromatic N) is 1. The predicted molar refractivity (Wildman–Crippen MR) is 74.1 cm³/mol. The number of nitrogens with one attached hydrogen (secondary N) is 1. The molecule has 0 aliphatic heterocycles. The molecule has 0 unspecified atom stereocenters. The maximum absolute atomic E-state index is 13.8.